The molecule has 0 aromatic heterocycles. The molecule has 1 fully saturated rings. The van der Waals surface area contributed by atoms with E-state index in [0.717, 1.165) is 11.3 Å². The van der Waals surface area contributed by atoms with Crippen LogP contribution in [0.15, 0.2) is 18.2 Å². The van der Waals surface area contributed by atoms with Gasteiger partial charge in [0.15, 0.2) is 16.9 Å². The van der Waals surface area contributed by atoms with E-state index in [-0.39, 0.29) is 12.1 Å². The molecule has 0 radical (unpaired) electrons. The lowest BCUT2D eigenvalue weighted by Crippen LogP contribution is -2.47. The van der Waals surface area contributed by atoms with Crippen molar-refractivity contribution in [3.8, 4) is 11.5 Å². The van der Waals surface area contributed by atoms with Crippen molar-refractivity contribution in [2.24, 2.45) is 5.41 Å². The highest BCUT2D eigenvalue weighted by Gasteiger charge is 2.64. The summed E-state index contributed by atoms with van der Waals surface area (Å²) in [6, 6.07) is 4.37. The molecule has 27 heavy (non-hydrogen) atoms. The molecule has 1 aromatic rings. The fraction of sp³-hybridized carbons (Fsp3) is 0.556. The van der Waals surface area contributed by atoms with Crippen molar-refractivity contribution in [3.63, 3.8) is 0 Å². The summed E-state index contributed by atoms with van der Waals surface area (Å²) >= 11 is 0. The highest BCUT2D eigenvalue weighted by Crippen LogP contribution is 2.46. The minimum Gasteiger partial charge on any atom is -0.490 e. The number of rotatable bonds is 7. The Labute approximate surface area is 154 Å². The molecule has 1 aliphatic heterocycles. The Morgan fingerprint density at radius 3 is 2.44 bits per heavy atom. The second-order valence-corrected chi connectivity index (χ2v) is 6.30. The van der Waals surface area contributed by atoms with Crippen LogP contribution >= 0.6 is 0 Å². The van der Waals surface area contributed by atoms with Crippen LogP contribution in [0.2, 0.25) is 0 Å². The number of hydrogen-bond donors (Lipinski definition) is 1. The van der Waals surface area contributed by atoms with Crippen molar-refractivity contribution in [2.45, 2.75) is 32.9 Å². The first-order valence-corrected chi connectivity index (χ1v) is 8.65. The minimum absolute atomic E-state index is 0.116. The van der Waals surface area contributed by atoms with Crippen LogP contribution in [0.3, 0.4) is 0 Å². The molecule has 9 heteroatoms. The maximum atomic E-state index is 13.3. The summed E-state index contributed by atoms with van der Waals surface area (Å²) in [5.74, 6) is -1.89. The van der Waals surface area contributed by atoms with Crippen LogP contribution in [-0.2, 0) is 4.79 Å². The van der Waals surface area contributed by atoms with Crippen LogP contribution in [0.1, 0.15) is 37.0 Å². The van der Waals surface area contributed by atoms with Gasteiger partial charge in [0.2, 0.25) is 0 Å². The Hall–Kier alpha value is -2.45. The Morgan fingerprint density at radius 2 is 1.93 bits per heavy atom. The van der Waals surface area contributed by atoms with E-state index >= 15 is 0 Å². The molecule has 1 aromatic carbocycles. The first-order chi connectivity index (χ1) is 12.7. The van der Waals surface area contributed by atoms with Crippen LogP contribution in [0.25, 0.3) is 0 Å². The number of likely N-dealkylation sites (tertiary alicyclic amines) is 1. The van der Waals surface area contributed by atoms with Gasteiger partial charge in [-0.2, -0.15) is 13.2 Å². The predicted molar refractivity (Wildman–Crippen MR) is 90.0 cm³/mol. The predicted octanol–water partition coefficient (Wildman–Crippen LogP) is 3.35. The van der Waals surface area contributed by atoms with Gasteiger partial charge in [-0.25, -0.2) is 0 Å². The molecule has 1 unspecified atom stereocenters. The second kappa shape index (κ2) is 8.06. The molecule has 150 valence electrons. The highest BCUT2D eigenvalue weighted by atomic mass is 19.4. The maximum Gasteiger partial charge on any atom is 0.406 e. The number of ether oxygens (including phenoxy) is 2. The number of hydrogen-bond acceptors (Lipinski definition) is 4. The van der Waals surface area contributed by atoms with Gasteiger partial charge in [0.05, 0.1) is 13.2 Å². The minimum atomic E-state index is -4.94. The van der Waals surface area contributed by atoms with Crippen LogP contribution < -0.4 is 9.47 Å². The number of alkyl halides is 3. The fourth-order valence-corrected chi connectivity index (χ4v) is 2.93. The zero-order valence-electron chi connectivity index (χ0n) is 15.1. The second-order valence-electron chi connectivity index (χ2n) is 6.30. The van der Waals surface area contributed by atoms with Crippen LogP contribution in [0.4, 0.5) is 13.2 Å². The van der Waals surface area contributed by atoms with Crippen LogP contribution in [0, 0.1) is 5.41 Å². The number of halogens is 3. The summed E-state index contributed by atoms with van der Waals surface area (Å²) in [7, 11) is 0. The van der Waals surface area contributed by atoms with Gasteiger partial charge >= 0.3 is 12.1 Å². The highest BCUT2D eigenvalue weighted by molar-refractivity contribution is 5.95. The van der Waals surface area contributed by atoms with E-state index in [2.05, 4.69) is 0 Å². The summed E-state index contributed by atoms with van der Waals surface area (Å²) in [6.45, 7) is 3.25. The van der Waals surface area contributed by atoms with E-state index < -0.39 is 36.4 Å². The molecule has 1 N–H and O–H groups in total. The Balaban J connectivity index is 2.25. The molecule has 1 atom stereocenters. The molecule has 6 nitrogen and oxygen atoms in total. The van der Waals surface area contributed by atoms with E-state index in [1.807, 2.05) is 6.92 Å². The summed E-state index contributed by atoms with van der Waals surface area (Å²) in [5, 5.41) is 9.11. The van der Waals surface area contributed by atoms with E-state index in [9.17, 15) is 22.8 Å². The number of aliphatic carboxylic acids is 1. The molecule has 1 heterocycles. The van der Waals surface area contributed by atoms with Crippen molar-refractivity contribution in [2.75, 3.05) is 26.3 Å². The molecular weight excluding hydrogens is 367 g/mol. The first kappa shape index (κ1) is 20.9. The van der Waals surface area contributed by atoms with Crippen LogP contribution in [0.5, 0.6) is 11.5 Å². The third-order valence-corrected chi connectivity index (χ3v) is 4.46. The molecule has 2 rings (SSSR count). The van der Waals surface area contributed by atoms with Gasteiger partial charge in [0.1, 0.15) is 0 Å². The number of benzene rings is 1. The number of carboxylic acids is 1. The maximum absolute atomic E-state index is 13.3. The molecule has 0 bridgehead atoms. The molecule has 0 aliphatic carbocycles. The van der Waals surface area contributed by atoms with E-state index in [1.165, 1.54) is 18.2 Å². The van der Waals surface area contributed by atoms with Crippen molar-refractivity contribution in [1.29, 1.82) is 0 Å². The van der Waals surface area contributed by atoms with Crippen molar-refractivity contribution >= 4 is 11.9 Å². The zero-order valence-corrected chi connectivity index (χ0v) is 15.1. The summed E-state index contributed by atoms with van der Waals surface area (Å²) < 4.78 is 50.8. The largest absolute Gasteiger partial charge is 0.490 e. The van der Waals surface area contributed by atoms with Crippen molar-refractivity contribution < 1.29 is 37.3 Å². The zero-order chi connectivity index (χ0) is 20.2. The Morgan fingerprint density at radius 1 is 1.22 bits per heavy atom. The number of carboxylic acid groups (broad SMARTS) is 1. The average Bonchev–Trinajstić information content (AvgIpc) is 3.07. The lowest BCUT2D eigenvalue weighted by Gasteiger charge is -2.27. The monoisotopic (exact) mass is 389 g/mol. The van der Waals surface area contributed by atoms with E-state index in [0.29, 0.717) is 24.7 Å². The van der Waals surface area contributed by atoms with Gasteiger partial charge < -0.3 is 19.5 Å². The SMILES string of the molecule is CCCOc1ccc(C(=O)N2CCC(C(=O)O)(C(F)(F)F)C2)cc1OCC. The Bertz CT molecular complexity index is 707. The number of carbonyl (C=O) groups excluding carboxylic acids is 1. The average molecular weight is 389 g/mol. The van der Waals surface area contributed by atoms with Gasteiger partial charge in [0, 0.05) is 18.7 Å². The third kappa shape index (κ3) is 4.12. The first-order valence-electron chi connectivity index (χ1n) is 8.65. The van der Waals surface area contributed by atoms with Crippen molar-refractivity contribution in [3.05, 3.63) is 23.8 Å². The topological polar surface area (TPSA) is 76.1 Å². The Kier molecular flexibility index (Phi) is 6.22. The number of carbonyl (C=O) groups is 2. The molecule has 0 spiro atoms. The van der Waals surface area contributed by atoms with Crippen molar-refractivity contribution in [1.82, 2.24) is 4.90 Å². The lowest BCUT2D eigenvalue weighted by molar-refractivity contribution is -0.227. The van der Waals surface area contributed by atoms with Gasteiger partial charge in [-0.3, -0.25) is 9.59 Å². The van der Waals surface area contributed by atoms with Gasteiger partial charge in [-0.05, 0) is 38.0 Å². The molecule has 1 aliphatic rings. The summed E-state index contributed by atoms with van der Waals surface area (Å²) in [6.07, 6.45) is -4.84. The lowest BCUT2D eigenvalue weighted by atomic mass is 9.86. The fourth-order valence-electron chi connectivity index (χ4n) is 2.93. The van der Waals surface area contributed by atoms with Gasteiger partial charge in [0.25, 0.3) is 5.91 Å². The summed E-state index contributed by atoms with van der Waals surface area (Å²) in [4.78, 5) is 24.8. The number of nitrogens with zero attached hydrogens (tertiary/aromatic N) is 1. The van der Waals surface area contributed by atoms with E-state index in [1.54, 1.807) is 6.92 Å². The van der Waals surface area contributed by atoms with Crippen LogP contribution in [-0.4, -0.2) is 54.4 Å². The third-order valence-electron chi connectivity index (χ3n) is 4.46. The quantitative estimate of drug-likeness (QED) is 0.774. The summed E-state index contributed by atoms with van der Waals surface area (Å²) in [5.41, 5.74) is -2.82. The molecular formula is C18H22F3NO5. The molecule has 1 amide bonds. The normalized spacial score (nSPS) is 19.8. The van der Waals surface area contributed by atoms with E-state index in [4.69, 9.17) is 14.6 Å². The molecule has 0 saturated carbocycles. The van der Waals surface area contributed by atoms with Gasteiger partial charge in [-0.15, -0.1) is 0 Å². The number of amides is 1. The standard InChI is InChI=1S/C18H22F3NO5/c1-3-9-27-13-6-5-12(10-14(13)26-4-2)15(23)22-8-7-17(11-22,16(24)25)18(19,20)21/h5-6,10H,3-4,7-9,11H2,1-2H3,(H,24,25). The van der Waals surface area contributed by atoms with Gasteiger partial charge in [-0.1, -0.05) is 6.92 Å². The smallest absolute Gasteiger partial charge is 0.406 e. The molecule has 1 saturated heterocycles.